The van der Waals surface area contributed by atoms with Gasteiger partial charge in [-0.2, -0.15) is 8.42 Å². The van der Waals surface area contributed by atoms with Crippen molar-refractivity contribution in [2.24, 2.45) is 0 Å². The van der Waals surface area contributed by atoms with Gasteiger partial charge in [0.25, 0.3) is 0 Å². The number of hydrogen-bond donors (Lipinski definition) is 0. The van der Waals surface area contributed by atoms with Crippen LogP contribution in [0.3, 0.4) is 0 Å². The molecule has 0 saturated carbocycles. The van der Waals surface area contributed by atoms with E-state index in [-0.39, 0.29) is 28.3 Å². The van der Waals surface area contributed by atoms with Gasteiger partial charge in [0.1, 0.15) is 10.7 Å². The maximum atomic E-state index is 13.1. The van der Waals surface area contributed by atoms with Gasteiger partial charge in [0, 0.05) is 19.0 Å². The zero-order chi connectivity index (χ0) is 22.3. The van der Waals surface area contributed by atoms with Crippen molar-refractivity contribution in [2.75, 3.05) is 7.11 Å². The summed E-state index contributed by atoms with van der Waals surface area (Å²) < 4.78 is 48.8. The fraction of sp³-hybridized carbons (Fsp3) is 0.409. The molecule has 0 radical (unpaired) electrons. The van der Waals surface area contributed by atoms with E-state index < -0.39 is 15.9 Å². The molecule has 0 aliphatic carbocycles. The molecule has 0 unspecified atom stereocenters. The van der Waals surface area contributed by atoms with Gasteiger partial charge < -0.3 is 13.8 Å². The number of unbranched alkanes of at least 4 members (excludes halogenated alkanes) is 1. The van der Waals surface area contributed by atoms with Crippen molar-refractivity contribution in [3.63, 3.8) is 0 Å². The molecule has 0 aromatic heterocycles. The number of nitrogens with zero attached hydrogens (tertiary/aromatic N) is 1. The van der Waals surface area contributed by atoms with Crippen LogP contribution in [0.15, 0.2) is 47.4 Å². The number of ether oxygens (including phenoxy) is 1. The molecule has 0 fully saturated rings. The lowest BCUT2D eigenvalue weighted by Gasteiger charge is -2.27. The maximum Gasteiger partial charge on any atom is 0.339 e. The largest absolute Gasteiger partial charge is 0.493 e. The number of carbonyl (C=O) groups is 1. The fourth-order valence-corrected chi connectivity index (χ4v) is 3.81. The smallest absolute Gasteiger partial charge is 0.339 e. The lowest BCUT2D eigenvalue weighted by atomic mass is 10.1. The third-order valence-corrected chi connectivity index (χ3v) is 5.82. The molecule has 0 aliphatic heterocycles. The Bertz CT molecular complexity index is 958. The third-order valence-electron chi connectivity index (χ3n) is 4.57. The highest BCUT2D eigenvalue weighted by Gasteiger charge is 2.21. The molecule has 164 valence electrons. The summed E-state index contributed by atoms with van der Waals surface area (Å²) in [5.74, 6) is -0.263. The van der Waals surface area contributed by atoms with Gasteiger partial charge in [-0.05, 0) is 62.2 Å². The van der Waals surface area contributed by atoms with Gasteiger partial charge >= 0.3 is 10.1 Å². The summed E-state index contributed by atoms with van der Waals surface area (Å²) in [6.07, 6.45) is 2.21. The van der Waals surface area contributed by atoms with Crippen LogP contribution in [0.5, 0.6) is 11.5 Å². The first-order valence-electron chi connectivity index (χ1n) is 9.84. The van der Waals surface area contributed by atoms with Crippen LogP contribution in [0.2, 0.25) is 0 Å². The Morgan fingerprint density at radius 1 is 1.10 bits per heavy atom. The number of amides is 1. The van der Waals surface area contributed by atoms with Crippen LogP contribution in [-0.4, -0.2) is 32.4 Å². The van der Waals surface area contributed by atoms with E-state index in [1.807, 2.05) is 20.8 Å². The van der Waals surface area contributed by atoms with Crippen LogP contribution in [0, 0.1) is 5.82 Å². The molecule has 6 nitrogen and oxygen atoms in total. The quantitative estimate of drug-likeness (QED) is 0.511. The minimum absolute atomic E-state index is 0.00374. The number of methoxy groups -OCH3 is 1. The minimum atomic E-state index is -4.18. The number of carbonyl (C=O) groups excluding carboxylic acids is 1. The summed E-state index contributed by atoms with van der Waals surface area (Å²) in [4.78, 5) is 14.1. The van der Waals surface area contributed by atoms with Crippen LogP contribution in [-0.2, 0) is 21.5 Å². The third kappa shape index (κ3) is 6.19. The number of rotatable bonds is 10. The van der Waals surface area contributed by atoms with Crippen LogP contribution < -0.4 is 8.92 Å². The topological polar surface area (TPSA) is 72.9 Å². The van der Waals surface area contributed by atoms with Crippen LogP contribution in [0.1, 0.15) is 45.6 Å². The normalized spacial score (nSPS) is 11.4. The first kappa shape index (κ1) is 23.7. The van der Waals surface area contributed by atoms with Gasteiger partial charge in [-0.25, -0.2) is 4.39 Å². The Morgan fingerprint density at radius 2 is 1.77 bits per heavy atom. The molecular weight excluding hydrogens is 409 g/mol. The van der Waals surface area contributed by atoms with Crippen molar-refractivity contribution < 1.29 is 26.5 Å². The van der Waals surface area contributed by atoms with E-state index >= 15 is 0 Å². The Morgan fingerprint density at radius 3 is 2.33 bits per heavy atom. The van der Waals surface area contributed by atoms with Gasteiger partial charge in [-0.1, -0.05) is 19.4 Å². The summed E-state index contributed by atoms with van der Waals surface area (Å²) in [5.41, 5.74) is 0.707. The highest BCUT2D eigenvalue weighted by atomic mass is 32.2. The molecule has 0 heterocycles. The number of hydrogen-bond acceptors (Lipinski definition) is 5. The zero-order valence-corrected chi connectivity index (χ0v) is 18.5. The van der Waals surface area contributed by atoms with E-state index in [1.165, 1.54) is 7.11 Å². The van der Waals surface area contributed by atoms with Crippen molar-refractivity contribution in [2.45, 2.75) is 57.5 Å². The molecule has 8 heteroatoms. The van der Waals surface area contributed by atoms with Crippen molar-refractivity contribution in [1.29, 1.82) is 0 Å². The molecule has 0 aliphatic rings. The van der Waals surface area contributed by atoms with Crippen molar-refractivity contribution >= 4 is 16.0 Å². The summed E-state index contributed by atoms with van der Waals surface area (Å²) in [6.45, 7) is 6.21. The summed E-state index contributed by atoms with van der Waals surface area (Å²) in [5, 5.41) is 0. The molecule has 0 saturated heterocycles. The zero-order valence-electron chi connectivity index (χ0n) is 17.7. The Kier molecular flexibility index (Phi) is 8.23. The minimum Gasteiger partial charge on any atom is -0.493 e. The molecule has 0 N–H and O–H groups in total. The van der Waals surface area contributed by atoms with Crippen molar-refractivity contribution in [1.82, 2.24) is 4.90 Å². The fourth-order valence-electron chi connectivity index (χ4n) is 2.88. The highest BCUT2D eigenvalue weighted by molar-refractivity contribution is 7.87. The number of benzene rings is 2. The molecule has 1 amide bonds. The van der Waals surface area contributed by atoms with Crippen molar-refractivity contribution in [3.05, 3.63) is 53.8 Å². The molecule has 0 spiro atoms. The molecule has 0 atom stereocenters. The molecule has 2 aromatic rings. The lowest BCUT2D eigenvalue weighted by Crippen LogP contribution is -2.36. The van der Waals surface area contributed by atoms with Crippen LogP contribution in [0.4, 0.5) is 4.39 Å². The van der Waals surface area contributed by atoms with Crippen LogP contribution in [0.25, 0.3) is 0 Å². The van der Waals surface area contributed by atoms with E-state index in [0.29, 0.717) is 18.5 Å². The Labute approximate surface area is 177 Å². The molecule has 0 bridgehead atoms. The monoisotopic (exact) mass is 437 g/mol. The maximum absolute atomic E-state index is 13.1. The van der Waals surface area contributed by atoms with Gasteiger partial charge in [-0.3, -0.25) is 4.79 Å². The standard InChI is InChI=1S/C22H28FNO5S/c1-5-6-7-22(25)24(16(2)3)15-17-8-13-20(28-4)21(14-17)29-30(26,27)19-11-9-18(23)10-12-19/h8-14,16H,5-7,15H2,1-4H3. The predicted molar refractivity (Wildman–Crippen MR) is 112 cm³/mol. The van der Waals surface area contributed by atoms with E-state index in [0.717, 1.165) is 37.1 Å². The second-order valence-electron chi connectivity index (χ2n) is 7.20. The van der Waals surface area contributed by atoms with E-state index in [1.54, 1.807) is 23.1 Å². The average molecular weight is 438 g/mol. The van der Waals surface area contributed by atoms with E-state index in [9.17, 15) is 17.6 Å². The van der Waals surface area contributed by atoms with E-state index in [4.69, 9.17) is 8.92 Å². The first-order chi connectivity index (χ1) is 14.2. The lowest BCUT2D eigenvalue weighted by molar-refractivity contribution is -0.133. The highest BCUT2D eigenvalue weighted by Crippen LogP contribution is 2.31. The van der Waals surface area contributed by atoms with E-state index in [2.05, 4.69) is 0 Å². The van der Waals surface area contributed by atoms with Gasteiger partial charge in [0.15, 0.2) is 11.5 Å². The van der Waals surface area contributed by atoms with Gasteiger partial charge in [-0.15, -0.1) is 0 Å². The summed E-state index contributed by atoms with van der Waals surface area (Å²) in [6, 6.07) is 9.25. The molecule has 2 aromatic carbocycles. The molecule has 2 rings (SSSR count). The SMILES string of the molecule is CCCCC(=O)N(Cc1ccc(OC)c(OS(=O)(=O)c2ccc(F)cc2)c1)C(C)C. The summed E-state index contributed by atoms with van der Waals surface area (Å²) in [7, 11) is -2.78. The van der Waals surface area contributed by atoms with Gasteiger partial charge in [0.05, 0.1) is 7.11 Å². The first-order valence-corrected chi connectivity index (χ1v) is 11.2. The molecular formula is C22H28FNO5S. The van der Waals surface area contributed by atoms with Gasteiger partial charge in [0.2, 0.25) is 5.91 Å². The number of halogens is 1. The Hall–Kier alpha value is -2.61. The summed E-state index contributed by atoms with van der Waals surface area (Å²) >= 11 is 0. The Balaban J connectivity index is 2.29. The average Bonchev–Trinajstić information content (AvgIpc) is 2.70. The van der Waals surface area contributed by atoms with Crippen LogP contribution >= 0.6 is 0 Å². The predicted octanol–water partition coefficient (Wildman–Crippen LogP) is 4.53. The second kappa shape index (κ2) is 10.4. The second-order valence-corrected chi connectivity index (χ2v) is 8.74. The van der Waals surface area contributed by atoms with Crippen molar-refractivity contribution in [3.8, 4) is 11.5 Å². The molecule has 30 heavy (non-hydrogen) atoms.